The number of rotatable bonds is 26. The van der Waals surface area contributed by atoms with E-state index in [9.17, 15) is 94.1 Å². The number of esters is 8. The van der Waals surface area contributed by atoms with Crippen LogP contribution in [0.3, 0.4) is 0 Å². The molecule has 31 nitrogen and oxygen atoms in total. The normalized spacial score (nSPS) is 9.29. The minimum Gasteiger partial charge on any atom is -0.870 e. The number of alkyl halides is 5. The Morgan fingerprint density at radius 3 is 1.06 bits per heavy atom. The van der Waals surface area contributed by atoms with Crippen LogP contribution in [0.25, 0.3) is 6.08 Å². The first-order valence-electron chi connectivity index (χ1n) is 31.3. The van der Waals surface area contributed by atoms with Crippen molar-refractivity contribution in [3.8, 4) is 17.2 Å². The van der Waals surface area contributed by atoms with Gasteiger partial charge in [0, 0.05) is 12.7 Å². The number of aromatic carboxylic acids is 2. The standard InChI is InChI=1S/C15H18O5S.C13H14O4.C12H11F3O7S.C11H12O5.C11H12O4S.C9H8O5.C2H4.CH2Cl2.6CH4.K.H2O/c1-10(16)21-8-7-11-5-4-6-12(9-13(17)19-2)14(11)15(18)20-3;1-4-9-6-5-7-10(8-11(14)16-2)12(9)13(15)17-3;1-20-9(16)6-7-4-3-5-8(10(7)11(17)21-2)22-23(18,19)12(13,14)15;1-15-9(13)6-7-4-3-5-8(12)10(7)11(14)16-2;12-9(13)6-8-3-1-2-7(4-5-16)10(8)11(14)15;10-6-3-1-2-5(4-7(11)12)8(6)9(13)14;1-2;2-1-3;;;;;;;;/h4-6H,7-9H2,1-3H3;4-7H,1,8H2,2-3H3;3-5H,6H2,1-2H3;3-5,12H,6H2,1-2H3;1-3,16H,4-6H2,(H,12,13)(H,14,15);1-3,10H,4H2,(H,11,12)(H,13,14);1-2H2;1H2;6*1H4;;1H2/q;;;;;;;;;;;;;;+1;/p-1. The third-order valence-electron chi connectivity index (χ3n) is 13.7. The van der Waals surface area contributed by atoms with Crippen molar-refractivity contribution in [3.05, 3.63) is 212 Å². The number of carboxylic acids is 4. The summed E-state index contributed by atoms with van der Waals surface area (Å²) in [6.45, 7) is 11.1. The molecule has 120 heavy (non-hydrogen) atoms. The number of hydrogen-bond donors (Lipinski definition) is 7. The molecule has 666 valence electrons. The zero-order valence-corrected chi connectivity index (χ0v) is 70.1. The fraction of sp³-hybridized carbons (Fsp3) is 0.338. The molecular weight excluding hydrogens is 1720 g/mol. The molecule has 40 heteroatoms. The second kappa shape index (κ2) is 69.9. The molecule has 6 aromatic carbocycles. The van der Waals surface area contributed by atoms with Crippen molar-refractivity contribution in [1.82, 2.24) is 0 Å². The molecule has 0 radical (unpaired) electrons. The van der Waals surface area contributed by atoms with Crippen molar-refractivity contribution in [1.29, 1.82) is 0 Å². The molecule has 7 N–H and O–H groups in total. The Hall–Kier alpha value is -9.87. The number of carboxylic acid groups (broad SMARTS) is 4. The number of thioether (sulfide) groups is 1. The van der Waals surface area contributed by atoms with Crippen molar-refractivity contribution in [2.24, 2.45) is 0 Å². The van der Waals surface area contributed by atoms with Gasteiger partial charge in [0.15, 0.2) is 10.9 Å². The first-order valence-corrected chi connectivity index (χ1v) is 35.4. The smallest absolute Gasteiger partial charge is 0.870 e. The zero-order valence-electron chi connectivity index (χ0n) is 63.0. The van der Waals surface area contributed by atoms with Crippen LogP contribution in [0.1, 0.15) is 164 Å². The van der Waals surface area contributed by atoms with Crippen molar-refractivity contribution < 1.29 is 213 Å². The van der Waals surface area contributed by atoms with Gasteiger partial charge >= 0.3 is 139 Å². The molecule has 0 heterocycles. The number of phenolic OH excluding ortho intramolecular Hbond substituents is 1. The molecule has 0 saturated carbocycles. The van der Waals surface area contributed by atoms with Gasteiger partial charge in [-0.1, -0.05) is 160 Å². The van der Waals surface area contributed by atoms with Gasteiger partial charge in [-0.25, -0.2) is 28.8 Å². The van der Waals surface area contributed by atoms with E-state index in [0.717, 1.165) is 31.9 Å². The average molecular weight is 1830 g/mol. The number of phenols is 2. The van der Waals surface area contributed by atoms with E-state index >= 15 is 0 Å². The largest absolute Gasteiger partial charge is 1.00 e. The first-order chi connectivity index (χ1) is 52.7. The molecule has 6 rings (SSSR count). The number of aryl methyl sites for hydroxylation is 2. The van der Waals surface area contributed by atoms with Crippen molar-refractivity contribution >= 4 is 141 Å². The van der Waals surface area contributed by atoms with Crippen LogP contribution in [0.5, 0.6) is 17.2 Å². The van der Waals surface area contributed by atoms with Crippen LogP contribution in [-0.2, 0) is 133 Å². The molecular formula is C80H106Cl2F3KO31S3. The molecule has 0 bridgehead atoms. The average Bonchev–Trinajstić information content (AvgIpc) is 0.798. The van der Waals surface area contributed by atoms with E-state index in [-0.39, 0.29) is 171 Å². The number of halogens is 5. The summed E-state index contributed by atoms with van der Waals surface area (Å²) < 4.78 is 99.8. The quantitative estimate of drug-likeness (QED) is 0.00387. The Kier molecular flexibility index (Phi) is 76.2. The van der Waals surface area contributed by atoms with Crippen LogP contribution < -0.4 is 55.6 Å². The van der Waals surface area contributed by atoms with Gasteiger partial charge in [-0.2, -0.15) is 34.2 Å². The summed E-state index contributed by atoms with van der Waals surface area (Å²) in [4.78, 5) is 146. The van der Waals surface area contributed by atoms with Crippen molar-refractivity contribution in [2.45, 2.75) is 108 Å². The molecule has 6 aromatic rings. The topological polar surface area (TPSA) is 490 Å². The Morgan fingerprint density at radius 2 is 0.725 bits per heavy atom. The van der Waals surface area contributed by atoms with Crippen LogP contribution in [0, 0.1) is 0 Å². The van der Waals surface area contributed by atoms with Crippen molar-refractivity contribution in [2.75, 3.05) is 73.7 Å². The number of methoxy groups -OCH3 is 8. The molecule has 0 amide bonds. The summed E-state index contributed by atoms with van der Waals surface area (Å²) >= 11 is 14.8. The maximum Gasteiger partial charge on any atom is 1.00 e. The Labute approximate surface area is 759 Å². The molecule has 0 atom stereocenters. The summed E-state index contributed by atoms with van der Waals surface area (Å²) in [6, 6.07) is 26.9. The van der Waals surface area contributed by atoms with E-state index in [2.05, 4.69) is 65.0 Å². The van der Waals surface area contributed by atoms with Gasteiger partial charge < -0.3 is 78.2 Å². The van der Waals surface area contributed by atoms with Gasteiger partial charge in [0.1, 0.15) is 28.2 Å². The summed E-state index contributed by atoms with van der Waals surface area (Å²) in [5.74, 6) is -9.99. The maximum atomic E-state index is 12.4. The van der Waals surface area contributed by atoms with Gasteiger partial charge in [-0.3, -0.25) is 33.6 Å². The summed E-state index contributed by atoms with van der Waals surface area (Å²) in [5.41, 5.74) is -1.97. The van der Waals surface area contributed by atoms with Crippen LogP contribution >= 0.6 is 47.6 Å². The fourth-order valence-corrected chi connectivity index (χ4v) is 10.3. The van der Waals surface area contributed by atoms with Crippen LogP contribution in [-0.4, -0.2) is 201 Å². The third-order valence-corrected chi connectivity index (χ3v) is 15.7. The number of aliphatic carboxylic acids is 2. The van der Waals surface area contributed by atoms with Gasteiger partial charge in [0.25, 0.3) is 0 Å². The van der Waals surface area contributed by atoms with E-state index in [1.165, 1.54) is 97.7 Å². The van der Waals surface area contributed by atoms with Crippen LogP contribution in [0.4, 0.5) is 13.2 Å². The maximum absolute atomic E-state index is 12.4. The third kappa shape index (κ3) is 46.6. The molecule has 0 fully saturated rings. The fourth-order valence-electron chi connectivity index (χ4n) is 8.95. The van der Waals surface area contributed by atoms with Gasteiger partial charge in [0.05, 0.1) is 117 Å². The molecule has 0 aromatic heterocycles. The van der Waals surface area contributed by atoms with Gasteiger partial charge in [-0.05, 0) is 86.9 Å². The number of carbonyl (C=O) groups is 13. The number of thiol groups is 1. The molecule has 0 saturated heterocycles. The van der Waals surface area contributed by atoms with E-state index in [4.69, 9.17) is 53.1 Å². The minimum atomic E-state index is -5.99. The molecule has 0 aliphatic heterocycles. The monoisotopic (exact) mass is 1820 g/mol. The SMILES string of the molecule is C.C.C.C.C.C.C=C.C=Cc1cccc(CC(=O)OC)c1C(=O)OC.COC(=O)Cc1cccc(CCSC(C)=O)c1C(=O)OC.COC(=O)Cc1cccc(O)c1C(=O)OC.COC(=O)Cc1cccc(OS(=O)(=O)C(F)(F)F)c1C(=O)OC.ClCCl.O=C(O)Cc1cccc(CCS)c1C(=O)O.O=C(O)Cc1cccc(O)c1C(=O)O.[K+].[OH-]. The van der Waals surface area contributed by atoms with E-state index in [0.29, 0.717) is 68.9 Å². The van der Waals surface area contributed by atoms with Gasteiger partial charge in [0.2, 0.25) is 0 Å². The Morgan fingerprint density at radius 1 is 0.442 bits per heavy atom. The van der Waals surface area contributed by atoms with Crippen LogP contribution in [0.2, 0.25) is 0 Å². The Balaban J connectivity index is -0.000000148. The number of hydrogen-bond acceptors (Lipinski definition) is 29. The van der Waals surface area contributed by atoms with Crippen molar-refractivity contribution in [3.63, 3.8) is 0 Å². The van der Waals surface area contributed by atoms with E-state index in [1.807, 2.05) is 0 Å². The number of carbonyl (C=O) groups excluding carboxylic acids is 9. The van der Waals surface area contributed by atoms with Crippen LogP contribution in [0.15, 0.2) is 129 Å². The zero-order chi connectivity index (χ0) is 86.2. The summed E-state index contributed by atoms with van der Waals surface area (Å²) in [6.07, 6.45) is 1.36. The van der Waals surface area contributed by atoms with E-state index < -0.39 is 117 Å². The minimum absolute atomic E-state index is 0. The van der Waals surface area contributed by atoms with E-state index in [1.54, 1.807) is 66.7 Å². The van der Waals surface area contributed by atoms with Gasteiger partial charge in [-0.15, -0.1) is 36.4 Å². The summed E-state index contributed by atoms with van der Waals surface area (Å²) in [7, 11) is 3.66. The summed E-state index contributed by atoms with van der Waals surface area (Å²) in [5, 5.41) is 53.9. The number of ether oxygens (including phenoxy) is 8. The predicted molar refractivity (Wildman–Crippen MR) is 447 cm³/mol. The Bertz CT molecular complexity index is 4370. The molecule has 0 aliphatic rings. The first kappa shape index (κ1) is 131. The number of benzene rings is 6. The molecule has 0 spiro atoms. The second-order valence-corrected chi connectivity index (χ2v) is 24.8. The second-order valence-electron chi connectivity index (χ2n) is 20.8. The molecule has 0 aliphatic carbocycles. The predicted octanol–water partition coefficient (Wildman–Crippen LogP) is 11.2. The number of aromatic hydroxyl groups is 2. The molecule has 0 unspecified atom stereocenters.